The molecule has 0 aliphatic heterocycles. The van der Waals surface area contributed by atoms with E-state index >= 15 is 0 Å². The molecule has 0 spiro atoms. The quantitative estimate of drug-likeness (QED) is 0.673. The van der Waals surface area contributed by atoms with Crippen LogP contribution in [0.2, 0.25) is 5.02 Å². The summed E-state index contributed by atoms with van der Waals surface area (Å²) in [6.45, 7) is 0. The van der Waals surface area contributed by atoms with Gasteiger partial charge in [-0.05, 0) is 6.07 Å². The molecule has 1 aromatic carbocycles. The zero-order chi connectivity index (χ0) is 8.55. The number of nitrogen functional groups attached to an aromatic ring is 1. The van der Waals surface area contributed by atoms with Crippen molar-refractivity contribution >= 4 is 28.1 Å². The number of benzene rings is 1. The number of halogens is 1. The van der Waals surface area contributed by atoms with E-state index in [0.717, 1.165) is 10.8 Å². The van der Waals surface area contributed by atoms with Crippen LogP contribution in [0, 0.1) is 0 Å². The van der Waals surface area contributed by atoms with Crippen molar-refractivity contribution in [3.63, 3.8) is 0 Å². The molecule has 0 fully saturated rings. The van der Waals surface area contributed by atoms with Gasteiger partial charge in [0, 0.05) is 17.0 Å². The SMILES string of the molecule is Nc1cncc2c(Cl)cccc12. The lowest BCUT2D eigenvalue weighted by Crippen LogP contribution is -1.88. The fourth-order valence-electron chi connectivity index (χ4n) is 1.18. The molecule has 2 nitrogen and oxygen atoms in total. The van der Waals surface area contributed by atoms with E-state index in [0.29, 0.717) is 10.7 Å². The highest BCUT2D eigenvalue weighted by molar-refractivity contribution is 6.35. The van der Waals surface area contributed by atoms with Gasteiger partial charge in [0.25, 0.3) is 0 Å². The van der Waals surface area contributed by atoms with E-state index in [-0.39, 0.29) is 0 Å². The summed E-state index contributed by atoms with van der Waals surface area (Å²) in [6, 6.07) is 5.63. The Morgan fingerprint density at radius 1 is 1.17 bits per heavy atom. The molecule has 1 aromatic heterocycles. The van der Waals surface area contributed by atoms with Gasteiger partial charge in [-0.25, -0.2) is 0 Å². The zero-order valence-electron chi connectivity index (χ0n) is 6.29. The number of nitrogens with two attached hydrogens (primary N) is 1. The molecule has 0 unspecified atom stereocenters. The number of rotatable bonds is 0. The molecule has 0 aliphatic carbocycles. The molecule has 2 N–H and O–H groups in total. The minimum absolute atomic E-state index is 0.662. The molecule has 0 saturated heterocycles. The van der Waals surface area contributed by atoms with Gasteiger partial charge in [0.05, 0.1) is 16.9 Å². The number of aromatic nitrogens is 1. The lowest BCUT2D eigenvalue weighted by atomic mass is 10.1. The van der Waals surface area contributed by atoms with E-state index in [4.69, 9.17) is 17.3 Å². The highest BCUT2D eigenvalue weighted by Crippen LogP contribution is 2.25. The van der Waals surface area contributed by atoms with Crippen molar-refractivity contribution < 1.29 is 0 Å². The van der Waals surface area contributed by atoms with Crippen molar-refractivity contribution in [3.8, 4) is 0 Å². The maximum atomic E-state index is 5.93. The van der Waals surface area contributed by atoms with Crippen LogP contribution in [0.3, 0.4) is 0 Å². The number of nitrogens with zero attached hydrogens (tertiary/aromatic N) is 1. The summed E-state index contributed by atoms with van der Waals surface area (Å²) in [5.74, 6) is 0. The average Bonchev–Trinajstić information content (AvgIpc) is 2.07. The Balaban J connectivity index is 2.94. The fourth-order valence-corrected chi connectivity index (χ4v) is 1.40. The molecule has 2 rings (SSSR count). The molecule has 2 aromatic rings. The van der Waals surface area contributed by atoms with Crippen molar-refractivity contribution in [3.05, 3.63) is 35.6 Å². The second kappa shape index (κ2) is 2.64. The smallest absolute Gasteiger partial charge is 0.0580 e. The lowest BCUT2D eigenvalue weighted by Gasteiger charge is -2.01. The van der Waals surface area contributed by atoms with E-state index in [9.17, 15) is 0 Å². The van der Waals surface area contributed by atoms with Gasteiger partial charge in [-0.15, -0.1) is 0 Å². The van der Waals surface area contributed by atoms with Crippen LogP contribution in [0.25, 0.3) is 10.8 Å². The average molecular weight is 179 g/mol. The molecule has 60 valence electrons. The van der Waals surface area contributed by atoms with Crippen LogP contribution in [0.15, 0.2) is 30.6 Å². The summed E-state index contributed by atoms with van der Waals surface area (Å²) in [7, 11) is 0. The summed E-state index contributed by atoms with van der Waals surface area (Å²) >= 11 is 5.93. The summed E-state index contributed by atoms with van der Waals surface area (Å²) < 4.78 is 0. The summed E-state index contributed by atoms with van der Waals surface area (Å²) in [4.78, 5) is 3.96. The van der Waals surface area contributed by atoms with Gasteiger partial charge in [0.1, 0.15) is 0 Å². The highest BCUT2D eigenvalue weighted by atomic mass is 35.5. The first-order valence-corrected chi connectivity index (χ1v) is 3.94. The van der Waals surface area contributed by atoms with Crippen LogP contribution in [0.1, 0.15) is 0 Å². The Morgan fingerprint density at radius 2 is 2.00 bits per heavy atom. The van der Waals surface area contributed by atoms with Gasteiger partial charge in [-0.1, -0.05) is 23.7 Å². The molecular formula is C9H7ClN2. The van der Waals surface area contributed by atoms with Crippen molar-refractivity contribution in [2.24, 2.45) is 0 Å². The molecular weight excluding hydrogens is 172 g/mol. The number of hydrogen-bond acceptors (Lipinski definition) is 2. The van der Waals surface area contributed by atoms with E-state index < -0.39 is 0 Å². The summed E-state index contributed by atoms with van der Waals surface area (Å²) in [5, 5.41) is 2.55. The standard InChI is InChI=1S/C9H7ClN2/c10-8-3-1-2-6-7(8)4-12-5-9(6)11/h1-5H,11H2. The van der Waals surface area contributed by atoms with E-state index in [1.165, 1.54) is 0 Å². The predicted molar refractivity (Wildman–Crippen MR) is 51.2 cm³/mol. The lowest BCUT2D eigenvalue weighted by molar-refractivity contribution is 1.37. The van der Waals surface area contributed by atoms with Gasteiger partial charge >= 0.3 is 0 Å². The molecule has 0 radical (unpaired) electrons. The zero-order valence-corrected chi connectivity index (χ0v) is 7.05. The topological polar surface area (TPSA) is 38.9 Å². The highest BCUT2D eigenvalue weighted by Gasteiger charge is 1.99. The second-order valence-corrected chi connectivity index (χ2v) is 2.97. The Morgan fingerprint density at radius 3 is 2.75 bits per heavy atom. The molecule has 0 saturated carbocycles. The first-order chi connectivity index (χ1) is 5.79. The predicted octanol–water partition coefficient (Wildman–Crippen LogP) is 2.47. The maximum absolute atomic E-state index is 5.93. The first kappa shape index (κ1) is 7.37. The van der Waals surface area contributed by atoms with Crippen molar-refractivity contribution in [2.45, 2.75) is 0 Å². The van der Waals surface area contributed by atoms with Crippen LogP contribution in [-0.4, -0.2) is 4.98 Å². The third kappa shape index (κ3) is 1.01. The first-order valence-electron chi connectivity index (χ1n) is 3.57. The number of fused-ring (bicyclic) bond motifs is 1. The fraction of sp³-hybridized carbons (Fsp3) is 0. The van der Waals surface area contributed by atoms with Crippen molar-refractivity contribution in [1.82, 2.24) is 4.98 Å². The van der Waals surface area contributed by atoms with Crippen LogP contribution in [0.5, 0.6) is 0 Å². The molecule has 0 aliphatic rings. The van der Waals surface area contributed by atoms with Crippen molar-refractivity contribution in [1.29, 1.82) is 0 Å². The largest absolute Gasteiger partial charge is 0.397 e. The number of pyridine rings is 1. The Hall–Kier alpha value is -1.28. The molecule has 0 bridgehead atoms. The Bertz CT molecular complexity index is 385. The summed E-state index contributed by atoms with van der Waals surface area (Å²) in [6.07, 6.45) is 3.34. The van der Waals surface area contributed by atoms with Gasteiger partial charge in [0.2, 0.25) is 0 Å². The van der Waals surface area contributed by atoms with Crippen LogP contribution >= 0.6 is 11.6 Å². The van der Waals surface area contributed by atoms with Gasteiger partial charge in [-0.3, -0.25) is 4.98 Å². The minimum atomic E-state index is 0.662. The van der Waals surface area contributed by atoms with E-state index in [2.05, 4.69) is 4.98 Å². The third-order valence-electron chi connectivity index (χ3n) is 1.78. The van der Waals surface area contributed by atoms with E-state index in [1.807, 2.05) is 18.2 Å². The molecule has 12 heavy (non-hydrogen) atoms. The van der Waals surface area contributed by atoms with Crippen LogP contribution in [0.4, 0.5) is 5.69 Å². The van der Waals surface area contributed by atoms with E-state index in [1.54, 1.807) is 12.4 Å². The van der Waals surface area contributed by atoms with Crippen LogP contribution in [-0.2, 0) is 0 Å². The maximum Gasteiger partial charge on any atom is 0.0580 e. The Labute approximate surface area is 75.0 Å². The van der Waals surface area contributed by atoms with Crippen LogP contribution < -0.4 is 5.73 Å². The molecule has 0 amide bonds. The molecule has 1 heterocycles. The van der Waals surface area contributed by atoms with Gasteiger partial charge < -0.3 is 5.73 Å². The number of hydrogen-bond donors (Lipinski definition) is 1. The van der Waals surface area contributed by atoms with Gasteiger partial charge in [-0.2, -0.15) is 0 Å². The summed E-state index contributed by atoms with van der Waals surface area (Å²) in [5.41, 5.74) is 6.37. The Kier molecular flexibility index (Phi) is 1.62. The minimum Gasteiger partial charge on any atom is -0.397 e. The second-order valence-electron chi connectivity index (χ2n) is 2.56. The normalized spacial score (nSPS) is 10.4. The van der Waals surface area contributed by atoms with Crippen molar-refractivity contribution in [2.75, 3.05) is 5.73 Å². The monoisotopic (exact) mass is 178 g/mol. The number of anilines is 1. The van der Waals surface area contributed by atoms with Gasteiger partial charge in [0.15, 0.2) is 0 Å². The molecule has 3 heteroatoms. The molecule has 0 atom stereocenters. The third-order valence-corrected chi connectivity index (χ3v) is 2.11.